The zero-order chi connectivity index (χ0) is 20.3. The monoisotopic (exact) mass is 387 g/mol. The SMILES string of the molecule is O=C(CCCCC#Cc1ccccc1)C(=O)NCc1nnc(-c2ccccc2)o1. The van der Waals surface area contributed by atoms with Gasteiger partial charge in [0.25, 0.3) is 5.91 Å². The summed E-state index contributed by atoms with van der Waals surface area (Å²) in [5, 5.41) is 10.4. The maximum atomic E-state index is 11.9. The Hall–Kier alpha value is -3.72. The van der Waals surface area contributed by atoms with E-state index in [2.05, 4.69) is 27.4 Å². The summed E-state index contributed by atoms with van der Waals surface area (Å²) in [5.41, 5.74) is 1.77. The molecule has 1 heterocycles. The van der Waals surface area contributed by atoms with Crippen molar-refractivity contribution in [2.75, 3.05) is 0 Å². The standard InChI is InChI=1S/C23H21N3O3/c27-20(16-10-2-1-5-11-18-12-6-3-7-13-18)22(28)24-17-21-25-26-23(29-21)19-14-8-4-9-15-19/h3-4,6-9,12-15H,1-2,10,16-17H2,(H,24,28). The normalized spacial score (nSPS) is 10.1. The average molecular weight is 387 g/mol. The Morgan fingerprint density at radius 1 is 0.931 bits per heavy atom. The largest absolute Gasteiger partial charge is 0.419 e. The minimum absolute atomic E-state index is 0.0208. The van der Waals surface area contributed by atoms with E-state index in [4.69, 9.17) is 4.42 Å². The van der Waals surface area contributed by atoms with E-state index in [1.807, 2.05) is 60.7 Å². The van der Waals surface area contributed by atoms with Crippen molar-refractivity contribution in [2.24, 2.45) is 0 Å². The number of Topliss-reactive ketones (excluding diaryl/α,β-unsaturated/α-hetero) is 1. The first-order valence-electron chi connectivity index (χ1n) is 9.45. The molecule has 0 saturated carbocycles. The number of benzene rings is 2. The van der Waals surface area contributed by atoms with Crippen LogP contribution in [0.2, 0.25) is 0 Å². The van der Waals surface area contributed by atoms with E-state index in [-0.39, 0.29) is 18.9 Å². The summed E-state index contributed by atoms with van der Waals surface area (Å²) in [7, 11) is 0. The zero-order valence-electron chi connectivity index (χ0n) is 15.9. The fraction of sp³-hybridized carbons (Fsp3) is 0.217. The molecule has 0 saturated heterocycles. The summed E-state index contributed by atoms with van der Waals surface area (Å²) in [5.74, 6) is 5.68. The maximum Gasteiger partial charge on any atom is 0.287 e. The predicted octanol–water partition coefficient (Wildman–Crippen LogP) is 3.53. The quantitative estimate of drug-likeness (QED) is 0.363. The molecule has 1 aromatic heterocycles. The molecule has 0 atom stereocenters. The minimum Gasteiger partial charge on any atom is -0.419 e. The van der Waals surface area contributed by atoms with E-state index >= 15 is 0 Å². The molecule has 3 aromatic rings. The molecule has 0 fully saturated rings. The van der Waals surface area contributed by atoms with E-state index in [9.17, 15) is 9.59 Å². The van der Waals surface area contributed by atoms with Gasteiger partial charge in [0.15, 0.2) is 0 Å². The molecule has 0 aliphatic heterocycles. The van der Waals surface area contributed by atoms with Crippen molar-refractivity contribution < 1.29 is 14.0 Å². The lowest BCUT2D eigenvalue weighted by atomic mass is 10.1. The van der Waals surface area contributed by atoms with Crippen LogP contribution in [0, 0.1) is 11.8 Å². The van der Waals surface area contributed by atoms with Crippen LogP contribution in [-0.4, -0.2) is 21.9 Å². The van der Waals surface area contributed by atoms with Gasteiger partial charge in [-0.1, -0.05) is 48.2 Å². The smallest absolute Gasteiger partial charge is 0.287 e. The average Bonchev–Trinajstić information content (AvgIpc) is 3.25. The van der Waals surface area contributed by atoms with E-state index in [0.717, 1.165) is 17.5 Å². The van der Waals surface area contributed by atoms with Gasteiger partial charge in [-0.15, -0.1) is 10.2 Å². The van der Waals surface area contributed by atoms with Crippen LogP contribution < -0.4 is 5.32 Å². The van der Waals surface area contributed by atoms with E-state index < -0.39 is 11.7 Å². The third kappa shape index (κ3) is 6.43. The van der Waals surface area contributed by atoms with Gasteiger partial charge in [0, 0.05) is 24.0 Å². The summed E-state index contributed by atoms with van der Waals surface area (Å²) in [6.07, 6.45) is 2.27. The Bertz CT molecular complexity index is 1000. The summed E-state index contributed by atoms with van der Waals surface area (Å²) in [4.78, 5) is 23.9. The van der Waals surface area contributed by atoms with E-state index in [0.29, 0.717) is 18.7 Å². The molecule has 0 aliphatic carbocycles. The van der Waals surface area contributed by atoms with Crippen molar-refractivity contribution in [3.05, 3.63) is 72.1 Å². The maximum absolute atomic E-state index is 11.9. The fourth-order valence-corrected chi connectivity index (χ4v) is 2.58. The lowest BCUT2D eigenvalue weighted by Crippen LogP contribution is -2.30. The molecule has 3 rings (SSSR count). The molecule has 1 N–H and O–H groups in total. The van der Waals surface area contributed by atoms with Gasteiger partial charge in [0.1, 0.15) is 0 Å². The zero-order valence-corrected chi connectivity index (χ0v) is 15.9. The Labute approximate surface area is 169 Å². The number of carbonyl (C=O) groups is 2. The van der Waals surface area contributed by atoms with E-state index in [1.165, 1.54) is 0 Å². The van der Waals surface area contributed by atoms with Crippen molar-refractivity contribution in [3.63, 3.8) is 0 Å². The number of hydrogen-bond donors (Lipinski definition) is 1. The molecule has 146 valence electrons. The number of carbonyl (C=O) groups excluding carboxylic acids is 2. The number of unbranched alkanes of at least 4 members (excludes halogenated alkanes) is 2. The van der Waals surface area contributed by atoms with Crippen LogP contribution in [-0.2, 0) is 16.1 Å². The highest BCUT2D eigenvalue weighted by molar-refractivity contribution is 6.36. The molecule has 0 radical (unpaired) electrons. The number of amides is 1. The van der Waals surface area contributed by atoms with E-state index in [1.54, 1.807) is 0 Å². The van der Waals surface area contributed by atoms with Gasteiger partial charge in [0.05, 0.1) is 6.54 Å². The molecule has 0 aliphatic rings. The summed E-state index contributed by atoms with van der Waals surface area (Å²) in [6.45, 7) is 0.0208. The van der Waals surface area contributed by atoms with Gasteiger partial charge < -0.3 is 9.73 Å². The lowest BCUT2D eigenvalue weighted by molar-refractivity contribution is -0.138. The highest BCUT2D eigenvalue weighted by Crippen LogP contribution is 2.16. The highest BCUT2D eigenvalue weighted by Gasteiger charge is 2.14. The number of ketones is 1. The second-order valence-corrected chi connectivity index (χ2v) is 6.35. The predicted molar refractivity (Wildman–Crippen MR) is 108 cm³/mol. The molecule has 0 spiro atoms. The van der Waals surface area contributed by atoms with Crippen molar-refractivity contribution in [3.8, 4) is 23.3 Å². The number of nitrogens with zero attached hydrogens (tertiary/aromatic N) is 2. The Morgan fingerprint density at radius 2 is 1.66 bits per heavy atom. The third-order valence-electron chi connectivity index (χ3n) is 4.10. The molecule has 0 bridgehead atoms. The molecule has 6 heteroatoms. The highest BCUT2D eigenvalue weighted by atomic mass is 16.4. The fourth-order valence-electron chi connectivity index (χ4n) is 2.58. The summed E-state index contributed by atoms with van der Waals surface area (Å²) in [6, 6.07) is 19.1. The van der Waals surface area contributed by atoms with Crippen LogP contribution in [0.1, 0.15) is 37.1 Å². The first-order valence-corrected chi connectivity index (χ1v) is 9.45. The number of nitrogens with one attached hydrogen (secondary N) is 1. The molecule has 6 nitrogen and oxygen atoms in total. The molecule has 2 aromatic carbocycles. The molecule has 0 unspecified atom stereocenters. The second kappa shape index (κ2) is 10.6. The second-order valence-electron chi connectivity index (χ2n) is 6.35. The number of aromatic nitrogens is 2. The first-order chi connectivity index (χ1) is 14.2. The van der Waals surface area contributed by atoms with Crippen LogP contribution in [0.3, 0.4) is 0 Å². The summed E-state index contributed by atoms with van der Waals surface area (Å²) >= 11 is 0. The van der Waals surface area contributed by atoms with Crippen molar-refractivity contribution in [1.82, 2.24) is 15.5 Å². The number of hydrogen-bond acceptors (Lipinski definition) is 5. The summed E-state index contributed by atoms with van der Waals surface area (Å²) < 4.78 is 5.50. The topological polar surface area (TPSA) is 85.1 Å². The molecule has 1 amide bonds. The van der Waals surface area contributed by atoms with Crippen LogP contribution >= 0.6 is 0 Å². The molecule has 29 heavy (non-hydrogen) atoms. The Balaban J connectivity index is 1.35. The first kappa shape index (κ1) is 20.0. The molecular weight excluding hydrogens is 366 g/mol. The number of rotatable bonds is 8. The van der Waals surface area contributed by atoms with Crippen LogP contribution in [0.5, 0.6) is 0 Å². The van der Waals surface area contributed by atoms with Crippen molar-refractivity contribution in [2.45, 2.75) is 32.2 Å². The van der Waals surface area contributed by atoms with Gasteiger partial charge in [0.2, 0.25) is 17.6 Å². The minimum atomic E-state index is -0.639. The van der Waals surface area contributed by atoms with Crippen LogP contribution in [0.25, 0.3) is 11.5 Å². The van der Waals surface area contributed by atoms with Gasteiger partial charge in [-0.2, -0.15) is 0 Å². The lowest BCUT2D eigenvalue weighted by Gasteiger charge is -2.01. The van der Waals surface area contributed by atoms with Gasteiger partial charge in [-0.25, -0.2) is 0 Å². The van der Waals surface area contributed by atoms with Gasteiger partial charge >= 0.3 is 0 Å². The van der Waals surface area contributed by atoms with Crippen molar-refractivity contribution >= 4 is 11.7 Å². The third-order valence-corrected chi connectivity index (χ3v) is 4.10. The van der Waals surface area contributed by atoms with Crippen molar-refractivity contribution in [1.29, 1.82) is 0 Å². The molecular formula is C23H21N3O3. The van der Waals surface area contributed by atoms with Gasteiger partial charge in [-0.3, -0.25) is 9.59 Å². The van der Waals surface area contributed by atoms with Crippen LogP contribution in [0.4, 0.5) is 0 Å². The van der Waals surface area contributed by atoms with Gasteiger partial charge in [-0.05, 0) is 37.1 Å². The van der Waals surface area contributed by atoms with Crippen LogP contribution in [0.15, 0.2) is 65.1 Å². The Morgan fingerprint density at radius 3 is 2.41 bits per heavy atom. The Kier molecular flexibility index (Phi) is 7.30.